The summed E-state index contributed by atoms with van der Waals surface area (Å²) >= 11 is 0. The van der Waals surface area contributed by atoms with E-state index in [1.54, 1.807) is 0 Å². The number of fused-ring (bicyclic) bond motifs is 1. The van der Waals surface area contributed by atoms with Crippen LogP contribution in [-0.2, 0) is 11.3 Å². The molecule has 2 heterocycles. The van der Waals surface area contributed by atoms with Crippen LogP contribution < -0.4 is 0 Å². The second-order valence-electron chi connectivity index (χ2n) is 3.54. The lowest BCUT2D eigenvalue weighted by Crippen LogP contribution is -2.39. The number of hydrogen-bond donors (Lipinski definition) is 0. The van der Waals surface area contributed by atoms with Gasteiger partial charge in [-0.05, 0) is 25.1 Å². The van der Waals surface area contributed by atoms with E-state index in [0.717, 1.165) is 13.1 Å². The summed E-state index contributed by atoms with van der Waals surface area (Å²) in [5.74, 6) is 0.0185. The van der Waals surface area contributed by atoms with Crippen molar-refractivity contribution in [2.75, 3.05) is 6.54 Å². The first kappa shape index (κ1) is 9.06. The molecule has 1 amide bonds. The molecule has 1 unspecified atom stereocenters. The fourth-order valence-corrected chi connectivity index (χ4v) is 2.00. The van der Waals surface area contributed by atoms with E-state index in [9.17, 15) is 4.79 Å². The fourth-order valence-electron chi connectivity index (χ4n) is 2.00. The molecular weight excluding hydrogens is 176 g/mol. The predicted molar refractivity (Wildman–Crippen MR) is 54.8 cm³/mol. The number of nitrogens with zero attached hydrogens (tertiary/aromatic N) is 2. The van der Waals surface area contributed by atoms with Crippen molar-refractivity contribution in [2.24, 2.45) is 0 Å². The van der Waals surface area contributed by atoms with Crippen molar-refractivity contribution in [3.05, 3.63) is 36.7 Å². The highest BCUT2D eigenvalue weighted by Gasteiger charge is 2.25. The van der Waals surface area contributed by atoms with Crippen molar-refractivity contribution in [3.8, 4) is 0 Å². The Kier molecular flexibility index (Phi) is 2.15. The van der Waals surface area contributed by atoms with Crippen molar-refractivity contribution in [3.63, 3.8) is 0 Å². The van der Waals surface area contributed by atoms with Gasteiger partial charge in [-0.2, -0.15) is 0 Å². The minimum absolute atomic E-state index is 0.0185. The first-order valence-corrected chi connectivity index (χ1v) is 4.82. The monoisotopic (exact) mass is 190 g/mol. The molecule has 3 nitrogen and oxygen atoms in total. The highest BCUT2D eigenvalue weighted by Crippen LogP contribution is 2.25. The third-order valence-electron chi connectivity index (χ3n) is 2.80. The molecule has 1 aliphatic rings. The Hall–Kier alpha value is -1.51. The smallest absolute Gasteiger partial charge is 0.246 e. The molecule has 1 aromatic heterocycles. The van der Waals surface area contributed by atoms with Crippen LogP contribution in [0.3, 0.4) is 0 Å². The number of carbonyl (C=O) groups is 1. The van der Waals surface area contributed by atoms with Gasteiger partial charge in [0.15, 0.2) is 0 Å². The largest absolute Gasteiger partial charge is 0.348 e. The molecule has 1 aliphatic heterocycles. The second-order valence-corrected chi connectivity index (χ2v) is 3.54. The molecule has 14 heavy (non-hydrogen) atoms. The molecule has 0 aliphatic carbocycles. The molecular formula is C11H14N2O. The molecule has 1 atom stereocenters. The van der Waals surface area contributed by atoms with Gasteiger partial charge in [-0.15, -0.1) is 0 Å². The summed E-state index contributed by atoms with van der Waals surface area (Å²) in [6.07, 6.45) is 3.44. The highest BCUT2D eigenvalue weighted by atomic mass is 16.2. The summed E-state index contributed by atoms with van der Waals surface area (Å²) in [5.41, 5.74) is 1.20. The molecule has 3 heteroatoms. The Bertz CT molecular complexity index is 367. The van der Waals surface area contributed by atoms with Crippen molar-refractivity contribution in [2.45, 2.75) is 19.5 Å². The molecule has 74 valence electrons. The topological polar surface area (TPSA) is 25.2 Å². The number of rotatable bonds is 1. The van der Waals surface area contributed by atoms with Gasteiger partial charge in [-0.1, -0.05) is 6.58 Å². The lowest BCUT2D eigenvalue weighted by Gasteiger charge is -2.34. The molecule has 1 aromatic rings. The van der Waals surface area contributed by atoms with E-state index in [0.29, 0.717) is 0 Å². The lowest BCUT2D eigenvalue weighted by molar-refractivity contribution is -0.129. The standard InChI is InChI=1S/C11H14N2O/c1-3-11(14)13-8-7-12-6-4-5-10(12)9(13)2/h3-6,9H,1,7-8H2,2H3. The first-order valence-electron chi connectivity index (χ1n) is 4.82. The second kappa shape index (κ2) is 3.33. The van der Waals surface area contributed by atoms with Gasteiger partial charge < -0.3 is 9.47 Å². The van der Waals surface area contributed by atoms with E-state index in [1.807, 2.05) is 17.9 Å². The highest BCUT2D eigenvalue weighted by molar-refractivity contribution is 5.87. The summed E-state index contributed by atoms with van der Waals surface area (Å²) in [7, 11) is 0. The third kappa shape index (κ3) is 1.25. The van der Waals surface area contributed by atoms with Crippen molar-refractivity contribution in [1.29, 1.82) is 0 Å². The van der Waals surface area contributed by atoms with Crippen LogP contribution in [0.1, 0.15) is 18.7 Å². The van der Waals surface area contributed by atoms with Gasteiger partial charge in [0.25, 0.3) is 0 Å². The molecule has 0 saturated carbocycles. The van der Waals surface area contributed by atoms with Crippen LogP contribution in [0.2, 0.25) is 0 Å². The van der Waals surface area contributed by atoms with Gasteiger partial charge >= 0.3 is 0 Å². The Labute approximate surface area is 83.6 Å². The minimum atomic E-state index is 0.0185. The third-order valence-corrected chi connectivity index (χ3v) is 2.80. The quantitative estimate of drug-likeness (QED) is 0.617. The van der Waals surface area contributed by atoms with Crippen LogP contribution in [0.5, 0.6) is 0 Å². The van der Waals surface area contributed by atoms with Crippen molar-refractivity contribution >= 4 is 5.91 Å². The van der Waals surface area contributed by atoms with Gasteiger partial charge in [0.1, 0.15) is 0 Å². The van der Waals surface area contributed by atoms with Crippen LogP contribution in [0, 0.1) is 0 Å². The average Bonchev–Trinajstić information content (AvgIpc) is 2.66. The van der Waals surface area contributed by atoms with Crippen molar-refractivity contribution < 1.29 is 4.79 Å². The molecule has 0 fully saturated rings. The van der Waals surface area contributed by atoms with Crippen LogP contribution in [0.15, 0.2) is 31.0 Å². The maximum Gasteiger partial charge on any atom is 0.246 e. The summed E-state index contributed by atoms with van der Waals surface area (Å²) in [6.45, 7) is 7.22. The number of aromatic nitrogens is 1. The molecule has 0 N–H and O–H groups in total. The predicted octanol–water partition coefficient (Wildman–Crippen LogP) is 1.58. The maximum atomic E-state index is 11.5. The molecule has 0 saturated heterocycles. The SMILES string of the molecule is C=CC(=O)N1CCn2cccc2C1C. The summed E-state index contributed by atoms with van der Waals surface area (Å²) < 4.78 is 2.19. The number of carbonyl (C=O) groups excluding carboxylic acids is 1. The Morgan fingerprint density at radius 3 is 3.14 bits per heavy atom. The summed E-state index contributed by atoms with van der Waals surface area (Å²) in [6, 6.07) is 4.24. The van der Waals surface area contributed by atoms with E-state index in [2.05, 4.69) is 23.4 Å². The van der Waals surface area contributed by atoms with E-state index < -0.39 is 0 Å². The zero-order valence-electron chi connectivity index (χ0n) is 8.31. The van der Waals surface area contributed by atoms with Gasteiger partial charge in [0.05, 0.1) is 6.04 Å². The molecule has 0 bridgehead atoms. The zero-order valence-corrected chi connectivity index (χ0v) is 8.31. The lowest BCUT2D eigenvalue weighted by atomic mass is 10.1. The van der Waals surface area contributed by atoms with Crippen LogP contribution in [0.25, 0.3) is 0 Å². The molecule has 2 rings (SSSR count). The Morgan fingerprint density at radius 2 is 2.43 bits per heavy atom. The number of amides is 1. The number of hydrogen-bond acceptors (Lipinski definition) is 1. The van der Waals surface area contributed by atoms with Crippen molar-refractivity contribution in [1.82, 2.24) is 9.47 Å². The Morgan fingerprint density at radius 1 is 1.64 bits per heavy atom. The summed E-state index contributed by atoms with van der Waals surface area (Å²) in [5, 5.41) is 0. The van der Waals surface area contributed by atoms with Crippen LogP contribution >= 0.6 is 0 Å². The van der Waals surface area contributed by atoms with Gasteiger partial charge in [-0.3, -0.25) is 4.79 Å². The van der Waals surface area contributed by atoms with E-state index >= 15 is 0 Å². The normalized spacial score (nSPS) is 20.4. The maximum absolute atomic E-state index is 11.5. The van der Waals surface area contributed by atoms with Gasteiger partial charge in [0.2, 0.25) is 5.91 Å². The molecule has 0 radical (unpaired) electrons. The van der Waals surface area contributed by atoms with Gasteiger partial charge in [-0.25, -0.2) is 0 Å². The van der Waals surface area contributed by atoms with E-state index in [-0.39, 0.29) is 11.9 Å². The zero-order chi connectivity index (χ0) is 10.1. The fraction of sp³-hybridized carbons (Fsp3) is 0.364. The van der Waals surface area contributed by atoms with E-state index in [1.165, 1.54) is 11.8 Å². The molecule has 0 spiro atoms. The van der Waals surface area contributed by atoms with E-state index in [4.69, 9.17) is 0 Å². The first-order chi connectivity index (χ1) is 6.74. The summed E-state index contributed by atoms with van der Waals surface area (Å²) in [4.78, 5) is 13.4. The minimum Gasteiger partial charge on any atom is -0.348 e. The Balaban J connectivity index is 2.29. The average molecular weight is 190 g/mol. The van der Waals surface area contributed by atoms with Gasteiger partial charge in [0, 0.05) is 25.0 Å². The van der Waals surface area contributed by atoms with Crippen LogP contribution in [0.4, 0.5) is 0 Å². The molecule has 0 aromatic carbocycles. The van der Waals surface area contributed by atoms with Crippen LogP contribution in [-0.4, -0.2) is 21.9 Å².